The Morgan fingerprint density at radius 3 is 0.531 bits per heavy atom. The normalized spacial score (nSPS) is 9.31. The summed E-state index contributed by atoms with van der Waals surface area (Å²) in [7, 11) is -3.18. The summed E-state index contributed by atoms with van der Waals surface area (Å²) in [5, 5.41) is 6.50. The third-order valence-electron chi connectivity index (χ3n) is 5.54. The molecule has 6 rings (SSSR count). The molecule has 6 aromatic rings. The summed E-state index contributed by atoms with van der Waals surface area (Å²) in [6.45, 7) is 0. The van der Waals surface area contributed by atoms with Crippen LogP contribution in [-0.2, 0) is 16.5 Å². The summed E-state index contributed by atoms with van der Waals surface area (Å²) in [6.07, 6.45) is 0. The smallest absolute Gasteiger partial charge is 1.00 e. The second-order valence-electron chi connectivity index (χ2n) is 8.87. The van der Waals surface area contributed by atoms with Gasteiger partial charge in [0.1, 0.15) is 34.5 Å². The molecule has 0 heterocycles. The van der Waals surface area contributed by atoms with Crippen molar-refractivity contribution in [3.8, 4) is 34.5 Å². The average molecular weight is 966 g/mol. The van der Waals surface area contributed by atoms with Gasteiger partial charge < -0.3 is 80.3 Å². The molecule has 0 atom stereocenters. The Bertz CT molecular complexity index is 1300. The molecule has 0 saturated carbocycles. The van der Waals surface area contributed by atoms with E-state index in [1.54, 1.807) is 0 Å². The molecule has 0 amide bonds. The average Bonchev–Trinajstić information content (AvgIpc) is 3.12. The van der Waals surface area contributed by atoms with Gasteiger partial charge in [-0.05, 0) is 72.8 Å². The predicted molar refractivity (Wildman–Crippen MR) is 182 cm³/mol. The molecule has 0 saturated heterocycles. The maximum Gasteiger partial charge on any atom is 2.00 e. The van der Waals surface area contributed by atoms with E-state index in [4.69, 9.17) is 32.3 Å². The van der Waals surface area contributed by atoms with Gasteiger partial charge in [0.2, 0.25) is 0 Å². The molecule has 49 heavy (non-hydrogen) atoms. The van der Waals surface area contributed by atoms with Gasteiger partial charge in [0, 0.05) is 0 Å². The van der Waals surface area contributed by atoms with Crippen LogP contribution < -0.4 is 81.0 Å². The molecule has 0 aromatic heterocycles. The molecule has 6 aromatic carbocycles. The number of halogens is 2. The van der Waals surface area contributed by atoms with Crippen LogP contribution in [0.25, 0.3) is 0 Å². The van der Waals surface area contributed by atoms with E-state index < -0.39 is 17.2 Å². The van der Waals surface area contributed by atoms with Crippen molar-refractivity contribution in [2.45, 2.75) is 0 Å². The monoisotopic (exact) mass is 965 g/mol. The summed E-state index contributed by atoms with van der Waals surface area (Å²) in [6, 6.07) is 57.0. The maximum atomic E-state index is 6.50. The van der Waals surface area contributed by atoms with Crippen LogP contribution in [-0.4, -0.2) is 5.21 Å². The van der Waals surface area contributed by atoms with E-state index in [0.717, 1.165) is 0 Å². The van der Waals surface area contributed by atoms with E-state index >= 15 is 0 Å². The molecule has 0 aliphatic heterocycles. The fourth-order valence-corrected chi connectivity index (χ4v) is 5.50. The zero-order valence-corrected chi connectivity index (χ0v) is 32.9. The number of nitrogens with two attached hydrogens (primary N) is 1. The zero-order valence-electron chi connectivity index (χ0n) is 25.8. The predicted octanol–water partition coefficient (Wildman–Crippen LogP) is 4.24. The van der Waals surface area contributed by atoms with Crippen LogP contribution >= 0.6 is 17.2 Å². The van der Waals surface area contributed by atoms with Crippen molar-refractivity contribution >= 4 is 17.2 Å². The van der Waals surface area contributed by atoms with Crippen LogP contribution in [0.1, 0.15) is 0 Å². The Morgan fingerprint density at radius 1 is 0.286 bits per heavy atom. The molecule has 0 aliphatic rings. The van der Waals surface area contributed by atoms with E-state index in [2.05, 4.69) is 5.90 Å². The van der Waals surface area contributed by atoms with E-state index in [1.807, 2.05) is 182 Å². The summed E-state index contributed by atoms with van der Waals surface area (Å²) >= 11 is 0. The summed E-state index contributed by atoms with van der Waals surface area (Å²) in [5.74, 6) is 7.75. The van der Waals surface area contributed by atoms with E-state index in [1.165, 1.54) is 0 Å². The molecule has 258 valence electrons. The minimum Gasteiger partial charge on any atom is -1.00 e. The Morgan fingerprint density at radius 2 is 0.408 bits per heavy atom. The SMILES string of the molecule is NO.[I-].[I-].[Ni+2].c1ccc(OP(Oc2ccccc2)Oc2ccccc2)cc1.c1ccc(OP(Oc2ccccc2)Oc2ccccc2)cc1. The second kappa shape index (κ2) is 26.7. The summed E-state index contributed by atoms with van der Waals surface area (Å²) in [4.78, 5) is 0. The van der Waals surface area contributed by atoms with Crippen molar-refractivity contribution in [2.24, 2.45) is 5.90 Å². The minimum atomic E-state index is -1.59. The van der Waals surface area contributed by atoms with Crippen LogP contribution in [0.5, 0.6) is 34.5 Å². The largest absolute Gasteiger partial charge is 2.00 e. The Balaban J connectivity index is 0.000000441. The van der Waals surface area contributed by atoms with Crippen LogP contribution in [0, 0.1) is 0 Å². The molecule has 8 nitrogen and oxygen atoms in total. The maximum absolute atomic E-state index is 6.50. The van der Waals surface area contributed by atoms with Crippen molar-refractivity contribution < 1.29 is 96.8 Å². The first-order valence-electron chi connectivity index (χ1n) is 14.0. The Labute approximate surface area is 333 Å². The van der Waals surface area contributed by atoms with Crippen LogP contribution in [0.3, 0.4) is 0 Å². The molecule has 0 bridgehead atoms. The van der Waals surface area contributed by atoms with Crippen LogP contribution in [0.15, 0.2) is 182 Å². The van der Waals surface area contributed by atoms with Gasteiger partial charge in [-0.3, -0.25) is 0 Å². The van der Waals surface area contributed by atoms with Crippen molar-refractivity contribution in [1.82, 2.24) is 0 Å². The molecule has 3 N–H and O–H groups in total. The molecular formula is C36H33I2NNiO7P2. The van der Waals surface area contributed by atoms with Gasteiger partial charge in [-0.25, -0.2) is 5.90 Å². The van der Waals surface area contributed by atoms with Gasteiger partial charge in [0.25, 0.3) is 0 Å². The topological polar surface area (TPSA) is 102 Å². The first kappa shape index (κ1) is 43.9. The van der Waals surface area contributed by atoms with Gasteiger partial charge in [0.15, 0.2) is 0 Å². The first-order valence-corrected chi connectivity index (χ1v) is 16.2. The summed E-state index contributed by atoms with van der Waals surface area (Å²) in [5.41, 5.74) is 0. The zero-order chi connectivity index (χ0) is 32.1. The second-order valence-corrected chi connectivity index (χ2v) is 10.9. The van der Waals surface area contributed by atoms with E-state index in [-0.39, 0.29) is 64.4 Å². The molecule has 0 fully saturated rings. The molecule has 0 unspecified atom stereocenters. The number of benzene rings is 6. The van der Waals surface area contributed by atoms with Gasteiger partial charge in [-0.2, -0.15) is 0 Å². The fraction of sp³-hybridized carbons (Fsp3) is 0. The Kier molecular flexibility index (Phi) is 23.9. The van der Waals surface area contributed by atoms with Crippen LogP contribution in [0.2, 0.25) is 0 Å². The number of hydrogen-bond donors (Lipinski definition) is 2. The minimum absolute atomic E-state index is 0. The number of rotatable bonds is 12. The van der Waals surface area contributed by atoms with Crippen LogP contribution in [0.4, 0.5) is 0 Å². The van der Waals surface area contributed by atoms with Crippen molar-refractivity contribution in [3.63, 3.8) is 0 Å². The number of para-hydroxylation sites is 6. The van der Waals surface area contributed by atoms with Gasteiger partial charge >= 0.3 is 33.7 Å². The molecule has 0 radical (unpaired) electrons. The third kappa shape index (κ3) is 17.4. The first-order chi connectivity index (χ1) is 22.8. The molecule has 13 heteroatoms. The van der Waals surface area contributed by atoms with Crippen molar-refractivity contribution in [1.29, 1.82) is 0 Å². The van der Waals surface area contributed by atoms with Crippen molar-refractivity contribution in [2.75, 3.05) is 0 Å². The van der Waals surface area contributed by atoms with Gasteiger partial charge in [-0.15, -0.1) is 0 Å². The fourth-order valence-electron chi connectivity index (χ4n) is 3.52. The molecule has 0 spiro atoms. The van der Waals surface area contributed by atoms with E-state index in [0.29, 0.717) is 34.5 Å². The Hall–Kier alpha value is -3.15. The van der Waals surface area contributed by atoms with Crippen molar-refractivity contribution in [3.05, 3.63) is 182 Å². The third-order valence-corrected chi connectivity index (χ3v) is 7.70. The molecular weight excluding hydrogens is 933 g/mol. The summed E-state index contributed by atoms with van der Waals surface area (Å²) < 4.78 is 35.1. The van der Waals surface area contributed by atoms with Gasteiger partial charge in [0.05, 0.1) is 0 Å². The van der Waals surface area contributed by atoms with Gasteiger partial charge in [-0.1, -0.05) is 109 Å². The standard InChI is InChI=1S/2C18H15O3P.2HI.H3NO.Ni/c2*1-4-10-16(11-5-1)19-22(20-17-12-6-2-7-13-17)21-18-14-8-3-9-15-18;;;1-2;/h2*1-15H;2*1H;2H,1H2;/q;;;;;+2/p-2. The molecule has 0 aliphatic carbocycles. The van der Waals surface area contributed by atoms with E-state index in [9.17, 15) is 0 Å². The quantitative estimate of drug-likeness (QED) is 0.0815. The number of hydrogen-bond acceptors (Lipinski definition) is 8.